The Balaban J connectivity index is 2.11. The summed E-state index contributed by atoms with van der Waals surface area (Å²) in [7, 11) is 1.60. The number of amides is 1. The molecule has 0 aromatic heterocycles. The molecule has 0 spiro atoms. The van der Waals surface area contributed by atoms with Crippen LogP contribution in [-0.4, -0.2) is 42.2 Å². The zero-order valence-electron chi connectivity index (χ0n) is 11.7. The van der Waals surface area contributed by atoms with Crippen LogP contribution in [0.2, 0.25) is 0 Å². The summed E-state index contributed by atoms with van der Waals surface area (Å²) in [4.78, 5) is 14.2. The molecule has 0 saturated carbocycles. The van der Waals surface area contributed by atoms with E-state index in [9.17, 15) is 9.90 Å². The molecule has 19 heavy (non-hydrogen) atoms. The Labute approximate surface area is 114 Å². The van der Waals surface area contributed by atoms with Crippen molar-refractivity contribution >= 4 is 5.91 Å². The average molecular weight is 263 g/mol. The Kier molecular flexibility index (Phi) is 3.80. The van der Waals surface area contributed by atoms with Gasteiger partial charge in [-0.3, -0.25) is 4.79 Å². The van der Waals surface area contributed by atoms with Crippen molar-refractivity contribution in [2.45, 2.75) is 26.4 Å². The molecule has 1 aliphatic heterocycles. The molecule has 1 unspecified atom stereocenters. The van der Waals surface area contributed by atoms with E-state index in [1.807, 2.05) is 18.7 Å². The highest BCUT2D eigenvalue weighted by Gasteiger charge is 2.36. The van der Waals surface area contributed by atoms with Gasteiger partial charge in [-0.25, -0.2) is 0 Å². The first-order chi connectivity index (χ1) is 8.94. The summed E-state index contributed by atoms with van der Waals surface area (Å²) in [5.74, 6) is 0.758. The molecule has 1 aliphatic rings. The molecule has 0 aliphatic carbocycles. The molecule has 1 saturated heterocycles. The van der Waals surface area contributed by atoms with Gasteiger partial charge in [0.15, 0.2) is 0 Å². The fourth-order valence-corrected chi connectivity index (χ4v) is 2.43. The van der Waals surface area contributed by atoms with Gasteiger partial charge in [0.1, 0.15) is 5.75 Å². The van der Waals surface area contributed by atoms with E-state index in [1.54, 1.807) is 31.4 Å². The Hall–Kier alpha value is -1.55. The minimum Gasteiger partial charge on any atom is -0.497 e. The molecule has 0 bridgehead atoms. The number of likely N-dealkylation sites (tertiary alicyclic amines) is 1. The predicted octanol–water partition coefficient (Wildman–Crippen LogP) is 1.93. The maximum Gasteiger partial charge on any atom is 0.253 e. The van der Waals surface area contributed by atoms with Crippen LogP contribution in [0, 0.1) is 5.41 Å². The van der Waals surface area contributed by atoms with Crippen molar-refractivity contribution in [3.8, 4) is 5.75 Å². The third-order valence-electron chi connectivity index (χ3n) is 3.80. The number of aliphatic hydroxyl groups excluding tert-OH is 1. The maximum absolute atomic E-state index is 12.4. The van der Waals surface area contributed by atoms with Crippen LogP contribution in [0.4, 0.5) is 0 Å². The van der Waals surface area contributed by atoms with Gasteiger partial charge in [0, 0.05) is 24.1 Å². The van der Waals surface area contributed by atoms with E-state index in [-0.39, 0.29) is 17.4 Å². The zero-order valence-corrected chi connectivity index (χ0v) is 11.7. The van der Waals surface area contributed by atoms with E-state index >= 15 is 0 Å². The summed E-state index contributed by atoms with van der Waals surface area (Å²) in [6.45, 7) is 5.17. The molecular formula is C15H21NO3. The molecule has 1 amide bonds. The van der Waals surface area contributed by atoms with Gasteiger partial charge in [-0.15, -0.1) is 0 Å². The summed E-state index contributed by atoms with van der Waals surface area (Å²) < 4.78 is 5.08. The molecule has 104 valence electrons. The monoisotopic (exact) mass is 263 g/mol. The molecule has 4 heteroatoms. The first kappa shape index (κ1) is 13.9. The molecule has 0 radical (unpaired) electrons. The topological polar surface area (TPSA) is 49.8 Å². The van der Waals surface area contributed by atoms with E-state index in [0.29, 0.717) is 25.1 Å². The second-order valence-electron chi connectivity index (χ2n) is 5.75. The number of benzene rings is 1. The normalized spacial score (nSPS) is 22.1. The van der Waals surface area contributed by atoms with Crippen LogP contribution >= 0.6 is 0 Å². The van der Waals surface area contributed by atoms with Gasteiger partial charge in [-0.1, -0.05) is 13.8 Å². The van der Waals surface area contributed by atoms with Gasteiger partial charge in [-0.05, 0) is 30.7 Å². The molecule has 1 N–H and O–H groups in total. The summed E-state index contributed by atoms with van der Waals surface area (Å²) in [6.07, 6.45) is 0.293. The minimum atomic E-state index is -0.340. The second kappa shape index (κ2) is 5.21. The number of nitrogens with zero attached hydrogens (tertiary/aromatic N) is 1. The Morgan fingerprint density at radius 3 is 2.53 bits per heavy atom. The molecular weight excluding hydrogens is 242 g/mol. The first-order valence-corrected chi connectivity index (χ1v) is 6.55. The maximum atomic E-state index is 12.4. The van der Waals surface area contributed by atoms with E-state index < -0.39 is 0 Å². The molecule has 1 aromatic rings. The van der Waals surface area contributed by atoms with Crippen LogP contribution in [-0.2, 0) is 0 Å². The third kappa shape index (κ3) is 2.89. The van der Waals surface area contributed by atoms with E-state index in [0.717, 1.165) is 5.75 Å². The third-order valence-corrected chi connectivity index (χ3v) is 3.80. The highest BCUT2D eigenvalue weighted by Crippen LogP contribution is 2.30. The lowest BCUT2D eigenvalue weighted by Gasteiger charge is -2.41. The van der Waals surface area contributed by atoms with E-state index in [2.05, 4.69) is 0 Å². The van der Waals surface area contributed by atoms with Crippen molar-refractivity contribution in [2.24, 2.45) is 5.41 Å². The number of ether oxygens (including phenoxy) is 1. The summed E-state index contributed by atoms with van der Waals surface area (Å²) in [5.41, 5.74) is 0.411. The van der Waals surface area contributed by atoms with Crippen LogP contribution in [0.3, 0.4) is 0 Å². The standard InChI is InChI=1S/C15H21NO3/c1-15(2)10-16(9-8-13(15)17)14(18)11-4-6-12(19-3)7-5-11/h4-7,13,17H,8-10H2,1-3H3. The Bertz CT molecular complexity index is 453. The number of rotatable bonds is 2. The summed E-state index contributed by atoms with van der Waals surface area (Å²) >= 11 is 0. The van der Waals surface area contributed by atoms with Crippen molar-refractivity contribution < 1.29 is 14.6 Å². The molecule has 1 heterocycles. The fourth-order valence-electron chi connectivity index (χ4n) is 2.43. The van der Waals surface area contributed by atoms with Gasteiger partial charge in [0.05, 0.1) is 13.2 Å². The van der Waals surface area contributed by atoms with Gasteiger partial charge >= 0.3 is 0 Å². The van der Waals surface area contributed by atoms with Crippen LogP contribution in [0.1, 0.15) is 30.6 Å². The van der Waals surface area contributed by atoms with Gasteiger partial charge in [0.2, 0.25) is 0 Å². The van der Waals surface area contributed by atoms with E-state index in [4.69, 9.17) is 4.74 Å². The van der Waals surface area contributed by atoms with Crippen molar-refractivity contribution in [1.82, 2.24) is 4.90 Å². The van der Waals surface area contributed by atoms with Crippen molar-refractivity contribution in [1.29, 1.82) is 0 Å². The Morgan fingerprint density at radius 2 is 2.00 bits per heavy atom. The van der Waals surface area contributed by atoms with Crippen LogP contribution in [0.15, 0.2) is 24.3 Å². The van der Waals surface area contributed by atoms with Crippen molar-refractivity contribution in [3.05, 3.63) is 29.8 Å². The number of methoxy groups -OCH3 is 1. The number of hydrogen-bond donors (Lipinski definition) is 1. The largest absolute Gasteiger partial charge is 0.497 e. The summed E-state index contributed by atoms with van der Waals surface area (Å²) in [5, 5.41) is 9.92. The van der Waals surface area contributed by atoms with Gasteiger partial charge < -0.3 is 14.7 Å². The Morgan fingerprint density at radius 1 is 1.37 bits per heavy atom. The number of carbonyl (C=O) groups is 1. The molecule has 2 rings (SSSR count). The average Bonchev–Trinajstić information content (AvgIpc) is 2.41. The quantitative estimate of drug-likeness (QED) is 0.887. The van der Waals surface area contributed by atoms with Crippen molar-refractivity contribution in [2.75, 3.05) is 20.2 Å². The highest BCUT2D eigenvalue weighted by atomic mass is 16.5. The van der Waals surface area contributed by atoms with Gasteiger partial charge in [0.25, 0.3) is 5.91 Å². The smallest absolute Gasteiger partial charge is 0.253 e. The van der Waals surface area contributed by atoms with Crippen LogP contribution in [0.5, 0.6) is 5.75 Å². The number of hydrogen-bond acceptors (Lipinski definition) is 3. The first-order valence-electron chi connectivity index (χ1n) is 6.55. The number of piperidine rings is 1. The fraction of sp³-hybridized carbons (Fsp3) is 0.533. The second-order valence-corrected chi connectivity index (χ2v) is 5.75. The highest BCUT2D eigenvalue weighted by molar-refractivity contribution is 5.94. The number of carbonyl (C=O) groups excluding carboxylic acids is 1. The lowest BCUT2D eigenvalue weighted by molar-refractivity contribution is -0.0182. The molecule has 4 nitrogen and oxygen atoms in total. The van der Waals surface area contributed by atoms with E-state index in [1.165, 1.54) is 0 Å². The van der Waals surface area contributed by atoms with Crippen molar-refractivity contribution in [3.63, 3.8) is 0 Å². The lowest BCUT2D eigenvalue weighted by atomic mass is 9.81. The SMILES string of the molecule is COc1ccc(C(=O)N2CCC(O)C(C)(C)C2)cc1. The minimum absolute atomic E-state index is 0.0163. The zero-order chi connectivity index (χ0) is 14.0. The molecule has 1 atom stereocenters. The molecule has 1 fully saturated rings. The van der Waals surface area contributed by atoms with Crippen LogP contribution < -0.4 is 4.74 Å². The predicted molar refractivity (Wildman–Crippen MR) is 73.3 cm³/mol. The van der Waals surface area contributed by atoms with Crippen LogP contribution in [0.25, 0.3) is 0 Å². The summed E-state index contributed by atoms with van der Waals surface area (Å²) in [6, 6.07) is 7.13. The molecule has 1 aromatic carbocycles. The number of aliphatic hydroxyl groups is 1. The lowest BCUT2D eigenvalue weighted by Crippen LogP contribution is -2.50. The van der Waals surface area contributed by atoms with Gasteiger partial charge in [-0.2, -0.15) is 0 Å².